The molecule has 0 aliphatic rings. The summed E-state index contributed by atoms with van der Waals surface area (Å²) < 4.78 is 5.53. The fraction of sp³-hybridized carbons (Fsp3) is 0.412. The molecule has 7 nitrogen and oxygen atoms in total. The average Bonchev–Trinajstić information content (AvgIpc) is 3.03. The SMILES string of the molecule is CCCC(C)(NC(=O)CCc1nnc(-c2ccccc2)o1)C(=O)O. The molecule has 0 aliphatic carbocycles. The Kier molecular flexibility index (Phi) is 5.68. The number of aryl methyl sites for hydroxylation is 1. The van der Waals surface area contributed by atoms with E-state index in [1.54, 1.807) is 0 Å². The minimum Gasteiger partial charge on any atom is -0.480 e. The zero-order valence-corrected chi connectivity index (χ0v) is 13.8. The van der Waals surface area contributed by atoms with Crippen molar-refractivity contribution >= 4 is 11.9 Å². The number of nitrogens with one attached hydrogen (secondary N) is 1. The van der Waals surface area contributed by atoms with Crippen molar-refractivity contribution in [3.8, 4) is 11.5 Å². The number of carboxylic acids is 1. The summed E-state index contributed by atoms with van der Waals surface area (Å²) >= 11 is 0. The highest BCUT2D eigenvalue weighted by atomic mass is 16.4. The van der Waals surface area contributed by atoms with Crippen molar-refractivity contribution in [2.45, 2.75) is 45.1 Å². The predicted molar refractivity (Wildman–Crippen MR) is 87.1 cm³/mol. The predicted octanol–water partition coefficient (Wildman–Crippen LogP) is 2.43. The van der Waals surface area contributed by atoms with Gasteiger partial charge in [0.15, 0.2) is 0 Å². The van der Waals surface area contributed by atoms with Gasteiger partial charge in [-0.25, -0.2) is 4.79 Å². The smallest absolute Gasteiger partial charge is 0.329 e. The van der Waals surface area contributed by atoms with Gasteiger partial charge < -0.3 is 14.8 Å². The summed E-state index contributed by atoms with van der Waals surface area (Å²) in [5.41, 5.74) is -0.447. The van der Waals surface area contributed by atoms with Gasteiger partial charge in [0.2, 0.25) is 17.7 Å². The normalized spacial score (nSPS) is 13.2. The number of hydrogen-bond donors (Lipinski definition) is 2. The molecule has 0 fully saturated rings. The average molecular weight is 331 g/mol. The second kappa shape index (κ2) is 7.72. The molecule has 1 heterocycles. The van der Waals surface area contributed by atoms with E-state index in [2.05, 4.69) is 15.5 Å². The molecular formula is C17H21N3O4. The molecule has 1 amide bonds. The van der Waals surface area contributed by atoms with Gasteiger partial charge in [0.05, 0.1) is 0 Å². The minimum absolute atomic E-state index is 0.0863. The van der Waals surface area contributed by atoms with Crippen molar-refractivity contribution < 1.29 is 19.1 Å². The van der Waals surface area contributed by atoms with E-state index in [0.29, 0.717) is 24.6 Å². The van der Waals surface area contributed by atoms with Crippen molar-refractivity contribution in [2.75, 3.05) is 0 Å². The molecule has 2 N–H and O–H groups in total. The highest BCUT2D eigenvalue weighted by Crippen LogP contribution is 2.18. The molecule has 1 aromatic heterocycles. The summed E-state index contributed by atoms with van der Waals surface area (Å²) in [5, 5.41) is 19.7. The van der Waals surface area contributed by atoms with E-state index in [-0.39, 0.29) is 18.7 Å². The molecule has 2 rings (SSSR count). The zero-order valence-electron chi connectivity index (χ0n) is 13.8. The highest BCUT2D eigenvalue weighted by Gasteiger charge is 2.33. The van der Waals surface area contributed by atoms with Crippen LogP contribution >= 0.6 is 0 Å². The maximum absolute atomic E-state index is 12.0. The Labute approximate surface area is 140 Å². The Morgan fingerprint density at radius 1 is 1.25 bits per heavy atom. The van der Waals surface area contributed by atoms with Gasteiger partial charge >= 0.3 is 5.97 Å². The molecule has 2 aromatic rings. The lowest BCUT2D eigenvalue weighted by atomic mass is 9.96. The van der Waals surface area contributed by atoms with Gasteiger partial charge in [-0.1, -0.05) is 31.5 Å². The van der Waals surface area contributed by atoms with Crippen molar-refractivity contribution in [2.24, 2.45) is 0 Å². The minimum atomic E-state index is -1.25. The number of carboxylic acid groups (broad SMARTS) is 1. The van der Waals surface area contributed by atoms with Gasteiger partial charge in [0.25, 0.3) is 0 Å². The van der Waals surface area contributed by atoms with Crippen molar-refractivity contribution in [1.29, 1.82) is 0 Å². The molecule has 1 aromatic carbocycles. The molecule has 7 heteroatoms. The van der Waals surface area contributed by atoms with Gasteiger partial charge in [-0.05, 0) is 25.5 Å². The van der Waals surface area contributed by atoms with E-state index in [1.807, 2.05) is 37.3 Å². The summed E-state index contributed by atoms with van der Waals surface area (Å²) in [6.45, 7) is 3.38. The lowest BCUT2D eigenvalue weighted by Crippen LogP contribution is -2.52. The van der Waals surface area contributed by atoms with Crippen LogP contribution in [0.15, 0.2) is 34.7 Å². The Hall–Kier alpha value is -2.70. The fourth-order valence-corrected chi connectivity index (χ4v) is 2.37. The van der Waals surface area contributed by atoms with Crippen LogP contribution in [0, 0.1) is 0 Å². The Bertz CT molecular complexity index is 699. The molecule has 0 saturated heterocycles. The molecule has 1 unspecified atom stereocenters. The molecule has 0 spiro atoms. The number of amides is 1. The first-order valence-corrected chi connectivity index (χ1v) is 7.87. The van der Waals surface area contributed by atoms with Crippen molar-refractivity contribution in [3.63, 3.8) is 0 Å². The number of rotatable bonds is 8. The van der Waals surface area contributed by atoms with Crippen LogP contribution < -0.4 is 5.32 Å². The van der Waals surface area contributed by atoms with Crippen LogP contribution in [-0.2, 0) is 16.0 Å². The van der Waals surface area contributed by atoms with E-state index in [4.69, 9.17) is 4.42 Å². The van der Waals surface area contributed by atoms with E-state index < -0.39 is 11.5 Å². The molecule has 0 aliphatic heterocycles. The third-order valence-corrected chi connectivity index (χ3v) is 3.69. The Morgan fingerprint density at radius 3 is 2.58 bits per heavy atom. The van der Waals surface area contributed by atoms with Crippen LogP contribution in [0.2, 0.25) is 0 Å². The monoisotopic (exact) mass is 331 g/mol. The van der Waals surface area contributed by atoms with Crippen LogP contribution in [-0.4, -0.2) is 32.7 Å². The first kappa shape index (κ1) is 17.7. The number of aromatic nitrogens is 2. The molecule has 128 valence electrons. The second-order valence-corrected chi connectivity index (χ2v) is 5.80. The van der Waals surface area contributed by atoms with Gasteiger partial charge in [0, 0.05) is 18.4 Å². The van der Waals surface area contributed by atoms with Crippen LogP contribution in [0.1, 0.15) is 39.0 Å². The number of carbonyl (C=O) groups excluding carboxylic acids is 1. The van der Waals surface area contributed by atoms with Crippen LogP contribution in [0.25, 0.3) is 11.5 Å². The zero-order chi connectivity index (χ0) is 17.6. The molecule has 24 heavy (non-hydrogen) atoms. The highest BCUT2D eigenvalue weighted by molar-refractivity contribution is 5.86. The van der Waals surface area contributed by atoms with Crippen molar-refractivity contribution in [1.82, 2.24) is 15.5 Å². The van der Waals surface area contributed by atoms with E-state index >= 15 is 0 Å². The maximum atomic E-state index is 12.0. The summed E-state index contributed by atoms with van der Waals surface area (Å²) in [5.74, 6) is -0.654. The van der Waals surface area contributed by atoms with Crippen molar-refractivity contribution in [3.05, 3.63) is 36.2 Å². The quantitative estimate of drug-likeness (QED) is 0.769. The summed E-state index contributed by atoms with van der Waals surface area (Å²) in [6, 6.07) is 9.33. The summed E-state index contributed by atoms with van der Waals surface area (Å²) in [7, 11) is 0. The lowest BCUT2D eigenvalue weighted by Gasteiger charge is -2.25. The van der Waals surface area contributed by atoms with E-state index in [1.165, 1.54) is 6.92 Å². The molecule has 0 saturated carbocycles. The van der Waals surface area contributed by atoms with E-state index in [9.17, 15) is 14.7 Å². The number of nitrogens with zero attached hydrogens (tertiary/aromatic N) is 2. The topological polar surface area (TPSA) is 105 Å². The fourth-order valence-electron chi connectivity index (χ4n) is 2.37. The second-order valence-electron chi connectivity index (χ2n) is 5.80. The van der Waals surface area contributed by atoms with Gasteiger partial charge in [-0.3, -0.25) is 4.79 Å². The molecule has 0 bridgehead atoms. The van der Waals surface area contributed by atoms with Crippen LogP contribution in [0.5, 0.6) is 0 Å². The van der Waals surface area contributed by atoms with Gasteiger partial charge in [-0.2, -0.15) is 0 Å². The van der Waals surface area contributed by atoms with E-state index in [0.717, 1.165) is 5.56 Å². The number of hydrogen-bond acceptors (Lipinski definition) is 5. The molecule has 0 radical (unpaired) electrons. The first-order chi connectivity index (χ1) is 11.4. The number of carbonyl (C=O) groups is 2. The van der Waals surface area contributed by atoms with Gasteiger partial charge in [-0.15, -0.1) is 10.2 Å². The third-order valence-electron chi connectivity index (χ3n) is 3.69. The van der Waals surface area contributed by atoms with Crippen LogP contribution in [0.4, 0.5) is 0 Å². The number of aliphatic carboxylic acids is 1. The van der Waals surface area contributed by atoms with Gasteiger partial charge in [0.1, 0.15) is 5.54 Å². The largest absolute Gasteiger partial charge is 0.480 e. The van der Waals surface area contributed by atoms with Crippen LogP contribution in [0.3, 0.4) is 0 Å². The summed E-state index contributed by atoms with van der Waals surface area (Å²) in [4.78, 5) is 23.3. The molecular weight excluding hydrogens is 310 g/mol. The Morgan fingerprint density at radius 2 is 1.96 bits per heavy atom. The first-order valence-electron chi connectivity index (χ1n) is 7.87. The standard InChI is InChI=1S/C17H21N3O4/c1-3-11-17(2,16(22)23)18-13(21)9-10-14-19-20-15(24-14)12-7-5-4-6-8-12/h4-8H,3,9-11H2,1-2H3,(H,18,21)(H,22,23). The summed E-state index contributed by atoms with van der Waals surface area (Å²) in [6.07, 6.45) is 1.37. The number of benzene rings is 1. The maximum Gasteiger partial charge on any atom is 0.329 e. The third kappa shape index (κ3) is 4.41. The lowest BCUT2D eigenvalue weighted by molar-refractivity contribution is -0.147. The Balaban J connectivity index is 1.93. The molecule has 1 atom stereocenters.